The summed E-state index contributed by atoms with van der Waals surface area (Å²) in [5.74, 6) is 0.229. The van der Waals surface area contributed by atoms with Crippen molar-refractivity contribution < 1.29 is 4.79 Å². The summed E-state index contributed by atoms with van der Waals surface area (Å²) in [5.41, 5.74) is 0.805. The van der Waals surface area contributed by atoms with Gasteiger partial charge in [0.25, 0.3) is 0 Å². The largest absolute Gasteiger partial charge is 0.294 e. The summed E-state index contributed by atoms with van der Waals surface area (Å²) in [5, 5.41) is 1.23. The van der Waals surface area contributed by atoms with Crippen LogP contribution in [0.25, 0.3) is 0 Å². The third-order valence-corrected chi connectivity index (χ3v) is 4.07. The summed E-state index contributed by atoms with van der Waals surface area (Å²) < 4.78 is 0. The Morgan fingerprint density at radius 3 is 3.07 bits per heavy atom. The van der Waals surface area contributed by atoms with Crippen LogP contribution in [0.1, 0.15) is 36.5 Å². The van der Waals surface area contributed by atoms with Crippen molar-refractivity contribution in [1.82, 2.24) is 0 Å². The molecular weight excluding hydrogens is 228 g/mol. The Balaban J connectivity index is 2.42. The van der Waals surface area contributed by atoms with E-state index < -0.39 is 0 Å². The van der Waals surface area contributed by atoms with E-state index >= 15 is 0 Å². The second kappa shape index (κ2) is 4.58. The lowest BCUT2D eigenvalue weighted by molar-refractivity contribution is 0.0976. The fraction of sp³-hybridized carbons (Fsp3) is 0.417. The predicted octanol–water partition coefficient (Wildman–Crippen LogP) is 4.19. The van der Waals surface area contributed by atoms with Crippen molar-refractivity contribution in [2.24, 2.45) is 0 Å². The Morgan fingerprint density at radius 2 is 2.27 bits per heavy atom. The molecule has 15 heavy (non-hydrogen) atoms. The topological polar surface area (TPSA) is 17.1 Å². The maximum atomic E-state index is 11.8. The molecule has 1 aromatic rings. The van der Waals surface area contributed by atoms with Gasteiger partial charge in [-0.2, -0.15) is 0 Å². The molecule has 0 saturated carbocycles. The average molecular weight is 241 g/mol. The summed E-state index contributed by atoms with van der Waals surface area (Å²) in [4.78, 5) is 12.9. The molecule has 1 heterocycles. The molecule has 1 unspecified atom stereocenters. The lowest BCUT2D eigenvalue weighted by Crippen LogP contribution is -2.08. The number of hydrogen-bond acceptors (Lipinski definition) is 2. The zero-order valence-electron chi connectivity index (χ0n) is 8.63. The molecule has 0 radical (unpaired) electrons. The normalized spacial score (nSPS) is 21.7. The van der Waals surface area contributed by atoms with Crippen LogP contribution in [0.3, 0.4) is 0 Å². The number of benzene rings is 1. The van der Waals surface area contributed by atoms with Gasteiger partial charge in [-0.3, -0.25) is 4.79 Å². The fourth-order valence-corrected chi connectivity index (χ4v) is 3.12. The van der Waals surface area contributed by atoms with Gasteiger partial charge in [0.15, 0.2) is 5.78 Å². The van der Waals surface area contributed by atoms with E-state index in [-0.39, 0.29) is 5.78 Å². The molecular formula is C12H13ClOS. The van der Waals surface area contributed by atoms with Gasteiger partial charge >= 0.3 is 0 Å². The molecule has 0 amide bonds. The van der Waals surface area contributed by atoms with Crippen molar-refractivity contribution in [3.63, 3.8) is 0 Å². The van der Waals surface area contributed by atoms with E-state index in [0.29, 0.717) is 16.7 Å². The van der Waals surface area contributed by atoms with Crippen LogP contribution in [0.2, 0.25) is 5.02 Å². The Labute approximate surface area is 99.2 Å². The van der Waals surface area contributed by atoms with Gasteiger partial charge in [-0.25, -0.2) is 0 Å². The van der Waals surface area contributed by atoms with Gasteiger partial charge in [0.05, 0.1) is 0 Å². The van der Waals surface area contributed by atoms with Gasteiger partial charge in [-0.15, -0.1) is 11.8 Å². The van der Waals surface area contributed by atoms with E-state index in [1.807, 2.05) is 12.1 Å². The predicted molar refractivity (Wildman–Crippen MR) is 65.0 cm³/mol. The third kappa shape index (κ3) is 2.56. The highest BCUT2D eigenvalue weighted by Crippen LogP contribution is 2.34. The minimum atomic E-state index is 0.229. The Morgan fingerprint density at radius 1 is 1.47 bits per heavy atom. The van der Waals surface area contributed by atoms with E-state index in [2.05, 4.69) is 6.92 Å². The number of rotatable bonds is 0. The highest BCUT2D eigenvalue weighted by atomic mass is 35.5. The van der Waals surface area contributed by atoms with E-state index in [0.717, 1.165) is 23.3 Å². The van der Waals surface area contributed by atoms with Gasteiger partial charge in [0.1, 0.15) is 0 Å². The van der Waals surface area contributed by atoms with E-state index in [4.69, 9.17) is 11.6 Å². The molecule has 1 atom stereocenters. The lowest BCUT2D eigenvalue weighted by atomic mass is 10.0. The Bertz CT molecular complexity index is 389. The highest BCUT2D eigenvalue weighted by molar-refractivity contribution is 8.00. The monoisotopic (exact) mass is 240 g/mol. The van der Waals surface area contributed by atoms with Crippen molar-refractivity contribution in [2.45, 2.75) is 36.3 Å². The van der Waals surface area contributed by atoms with E-state index in [9.17, 15) is 4.79 Å². The number of carbonyl (C=O) groups excluding carboxylic acids is 1. The van der Waals surface area contributed by atoms with Gasteiger partial charge in [0.2, 0.25) is 0 Å². The number of fused-ring (bicyclic) bond motifs is 1. The summed E-state index contributed by atoms with van der Waals surface area (Å²) in [6.07, 6.45) is 2.75. The molecule has 1 aliphatic heterocycles. The molecule has 0 spiro atoms. The number of Topliss-reactive ketones (excluding diaryl/α,β-unsaturated/α-hetero) is 1. The molecule has 0 saturated heterocycles. The molecule has 0 aromatic heterocycles. The SMILES string of the molecule is CC1CCCC(=O)c2cc(Cl)ccc2S1. The summed E-state index contributed by atoms with van der Waals surface area (Å²) in [6.45, 7) is 2.21. The molecule has 0 bridgehead atoms. The zero-order chi connectivity index (χ0) is 10.8. The van der Waals surface area contributed by atoms with E-state index in [1.165, 1.54) is 0 Å². The second-order valence-corrected chi connectivity index (χ2v) is 5.80. The first-order valence-corrected chi connectivity index (χ1v) is 6.42. The van der Waals surface area contributed by atoms with Gasteiger partial charge < -0.3 is 0 Å². The van der Waals surface area contributed by atoms with Crippen LogP contribution in [0.4, 0.5) is 0 Å². The van der Waals surface area contributed by atoms with Gasteiger partial charge in [-0.1, -0.05) is 18.5 Å². The van der Waals surface area contributed by atoms with Crippen molar-refractivity contribution in [1.29, 1.82) is 0 Å². The molecule has 1 aliphatic rings. The smallest absolute Gasteiger partial charge is 0.164 e. The van der Waals surface area contributed by atoms with E-state index in [1.54, 1.807) is 17.8 Å². The first-order valence-electron chi connectivity index (χ1n) is 5.16. The maximum Gasteiger partial charge on any atom is 0.164 e. The zero-order valence-corrected chi connectivity index (χ0v) is 10.2. The number of thioether (sulfide) groups is 1. The highest BCUT2D eigenvalue weighted by Gasteiger charge is 2.18. The van der Waals surface area contributed by atoms with Crippen LogP contribution in [0, 0.1) is 0 Å². The fourth-order valence-electron chi connectivity index (χ4n) is 1.78. The van der Waals surface area contributed by atoms with Crippen LogP contribution in [0.15, 0.2) is 23.1 Å². The summed E-state index contributed by atoms with van der Waals surface area (Å²) in [7, 11) is 0. The summed E-state index contributed by atoms with van der Waals surface area (Å²) >= 11 is 7.69. The molecule has 2 rings (SSSR count). The van der Waals surface area contributed by atoms with Crippen molar-refractivity contribution in [2.75, 3.05) is 0 Å². The minimum Gasteiger partial charge on any atom is -0.294 e. The quantitative estimate of drug-likeness (QED) is 0.677. The Hall–Kier alpha value is -0.470. The number of carbonyl (C=O) groups is 1. The van der Waals surface area contributed by atoms with Crippen LogP contribution >= 0.6 is 23.4 Å². The van der Waals surface area contributed by atoms with Crippen molar-refractivity contribution >= 4 is 29.1 Å². The molecule has 0 aliphatic carbocycles. The first kappa shape index (κ1) is 11.0. The average Bonchev–Trinajstić information content (AvgIpc) is 2.18. The Kier molecular flexibility index (Phi) is 3.37. The van der Waals surface area contributed by atoms with Crippen molar-refractivity contribution in [3.05, 3.63) is 28.8 Å². The molecule has 1 nitrogen and oxygen atoms in total. The van der Waals surface area contributed by atoms with Gasteiger partial charge in [-0.05, 0) is 31.0 Å². The van der Waals surface area contributed by atoms with Crippen LogP contribution < -0.4 is 0 Å². The lowest BCUT2D eigenvalue weighted by Gasteiger charge is -2.17. The molecule has 80 valence electrons. The van der Waals surface area contributed by atoms with Crippen LogP contribution in [-0.4, -0.2) is 11.0 Å². The second-order valence-electron chi connectivity index (χ2n) is 3.88. The maximum absolute atomic E-state index is 11.8. The molecule has 3 heteroatoms. The number of halogens is 1. The van der Waals surface area contributed by atoms with Crippen molar-refractivity contribution in [3.8, 4) is 0 Å². The number of ketones is 1. The minimum absolute atomic E-state index is 0.229. The molecule has 0 fully saturated rings. The standard InChI is InChI=1S/C12H13ClOS/c1-8-3-2-4-11(14)10-7-9(13)5-6-12(10)15-8/h5-8H,2-4H2,1H3. The third-order valence-electron chi connectivity index (χ3n) is 2.58. The first-order chi connectivity index (χ1) is 7.16. The molecule has 1 aromatic carbocycles. The van der Waals surface area contributed by atoms with Gasteiger partial charge in [0, 0.05) is 27.2 Å². The summed E-state index contributed by atoms with van der Waals surface area (Å²) in [6, 6.07) is 5.61. The number of hydrogen-bond donors (Lipinski definition) is 0. The van der Waals surface area contributed by atoms with Crippen LogP contribution in [0.5, 0.6) is 0 Å². The van der Waals surface area contributed by atoms with Crippen LogP contribution in [-0.2, 0) is 0 Å². The molecule has 0 N–H and O–H groups in total.